The molecule has 0 amide bonds. The molecule has 4 heterocycles. The normalized spacial score (nSPS) is 29.3. The van der Waals surface area contributed by atoms with E-state index in [-0.39, 0.29) is 23.4 Å². The summed E-state index contributed by atoms with van der Waals surface area (Å²) >= 11 is 0. The molecule has 6 rings (SSSR count). The molecule has 1 N–H and O–H groups in total. The Labute approximate surface area is 253 Å². The van der Waals surface area contributed by atoms with Crippen LogP contribution in [0, 0.1) is 23.7 Å². The number of fused-ring (bicyclic) bond motifs is 1. The van der Waals surface area contributed by atoms with Gasteiger partial charge in [0.05, 0.1) is 30.5 Å². The molecule has 2 aromatic heterocycles. The highest BCUT2D eigenvalue weighted by atomic mass is 19.4. The first kappa shape index (κ1) is 31.1. The Morgan fingerprint density at radius 2 is 1.84 bits per heavy atom. The molecule has 0 aromatic carbocycles. The van der Waals surface area contributed by atoms with Crippen molar-refractivity contribution in [1.82, 2.24) is 29.2 Å². The lowest BCUT2D eigenvalue weighted by Crippen LogP contribution is -2.50. The molecule has 2 aliphatic heterocycles. The van der Waals surface area contributed by atoms with Crippen molar-refractivity contribution in [2.24, 2.45) is 23.7 Å². The molecule has 2 aliphatic carbocycles. The highest BCUT2D eigenvalue weighted by Crippen LogP contribution is 2.47. The summed E-state index contributed by atoms with van der Waals surface area (Å²) in [5.74, 6) is 2.00. The average molecular weight is 607 g/mol. The molecule has 2 aromatic rings. The van der Waals surface area contributed by atoms with E-state index in [1.165, 1.54) is 35.9 Å². The Morgan fingerprint density at radius 3 is 2.53 bits per heavy atom. The molecular formula is C32H49F3N6O2. The number of ether oxygens (including phenoxy) is 1. The van der Waals surface area contributed by atoms with Crippen LogP contribution in [0.3, 0.4) is 0 Å². The largest absolute Gasteiger partial charge is 0.418 e. The van der Waals surface area contributed by atoms with E-state index in [0.717, 1.165) is 64.8 Å². The number of nitrogens with one attached hydrogen (secondary N) is 1. The lowest BCUT2D eigenvalue weighted by Gasteiger charge is -2.46. The van der Waals surface area contributed by atoms with Crippen molar-refractivity contribution in [2.45, 2.75) is 89.6 Å². The van der Waals surface area contributed by atoms with Crippen LogP contribution in [-0.2, 0) is 17.5 Å². The van der Waals surface area contributed by atoms with Gasteiger partial charge in [-0.3, -0.25) is 18.8 Å². The molecule has 0 spiro atoms. The molecule has 2 saturated carbocycles. The number of piperidine rings is 1. The van der Waals surface area contributed by atoms with Gasteiger partial charge in [0.1, 0.15) is 0 Å². The zero-order chi connectivity index (χ0) is 30.3. The van der Waals surface area contributed by atoms with Crippen molar-refractivity contribution in [3.8, 4) is 0 Å². The number of halogens is 3. The second kappa shape index (κ2) is 12.8. The minimum Gasteiger partial charge on any atom is -0.383 e. The van der Waals surface area contributed by atoms with Crippen LogP contribution in [0.15, 0.2) is 23.3 Å². The molecule has 3 unspecified atom stereocenters. The molecule has 0 bridgehead atoms. The van der Waals surface area contributed by atoms with Crippen molar-refractivity contribution in [3.05, 3.63) is 40.1 Å². The van der Waals surface area contributed by atoms with Crippen molar-refractivity contribution < 1.29 is 17.9 Å². The van der Waals surface area contributed by atoms with Crippen molar-refractivity contribution in [2.75, 3.05) is 47.1 Å². The van der Waals surface area contributed by atoms with E-state index < -0.39 is 11.7 Å². The summed E-state index contributed by atoms with van der Waals surface area (Å²) in [5, 5.41) is 2.23. The molecule has 0 radical (unpaired) electrons. The highest BCUT2D eigenvalue weighted by Gasteiger charge is 2.45. The quantitative estimate of drug-likeness (QED) is 0.425. The van der Waals surface area contributed by atoms with Crippen LogP contribution in [0.1, 0.15) is 81.9 Å². The maximum Gasteiger partial charge on any atom is 0.418 e. The fourth-order valence-electron chi connectivity index (χ4n) is 8.46. The summed E-state index contributed by atoms with van der Waals surface area (Å²) in [6, 6.07) is 1.17. The summed E-state index contributed by atoms with van der Waals surface area (Å²) in [6.45, 7) is 6.67. The Balaban J connectivity index is 1.27. The standard InChI is InChI=1S/C32H49F3N6O2/c1-22-7-6-12-38(17-22)18-23-15-27(32(33,34)35)28-20-40(31(42)41(28)19-23)26-11-5-10-25(16-26)29(24-8-4-9-24)30-36-39(13-14-43-3)21-37(30)2/h15,19-20,22,24-26,29-30,36H,4-14,16-18,21H2,1-3H3/t22-,25?,26?,29+,30?/m0/s1. The third-order valence-electron chi connectivity index (χ3n) is 10.7. The molecule has 240 valence electrons. The molecule has 43 heavy (non-hydrogen) atoms. The number of alkyl halides is 3. The van der Waals surface area contributed by atoms with Gasteiger partial charge in [-0.05, 0) is 81.0 Å². The maximum absolute atomic E-state index is 14.4. The van der Waals surface area contributed by atoms with E-state index in [1.54, 1.807) is 17.9 Å². The second-order valence-corrected chi connectivity index (χ2v) is 13.9. The molecule has 2 saturated heterocycles. The summed E-state index contributed by atoms with van der Waals surface area (Å²) in [4.78, 5) is 18.4. The van der Waals surface area contributed by atoms with Gasteiger partial charge in [0.25, 0.3) is 0 Å². The molecular weight excluding hydrogens is 557 g/mol. The predicted molar refractivity (Wildman–Crippen MR) is 160 cm³/mol. The van der Waals surface area contributed by atoms with Gasteiger partial charge in [0.15, 0.2) is 0 Å². The van der Waals surface area contributed by atoms with Crippen LogP contribution in [0.5, 0.6) is 0 Å². The first-order valence-electron chi connectivity index (χ1n) is 16.4. The molecule has 11 heteroatoms. The summed E-state index contributed by atoms with van der Waals surface area (Å²) in [5.41, 5.74) is 3.22. The van der Waals surface area contributed by atoms with E-state index >= 15 is 0 Å². The van der Waals surface area contributed by atoms with E-state index in [0.29, 0.717) is 42.4 Å². The van der Waals surface area contributed by atoms with E-state index in [2.05, 4.69) is 34.2 Å². The van der Waals surface area contributed by atoms with Gasteiger partial charge < -0.3 is 4.74 Å². The number of imidazole rings is 1. The summed E-state index contributed by atoms with van der Waals surface area (Å²) < 4.78 is 51.4. The number of hydrogen-bond acceptors (Lipinski definition) is 6. The smallest absolute Gasteiger partial charge is 0.383 e. The minimum absolute atomic E-state index is 0.0306. The molecule has 4 aliphatic rings. The third kappa shape index (κ3) is 6.57. The number of rotatable bonds is 9. The van der Waals surface area contributed by atoms with E-state index in [4.69, 9.17) is 4.74 Å². The lowest BCUT2D eigenvalue weighted by atomic mass is 9.65. The first-order valence-corrected chi connectivity index (χ1v) is 16.4. The Morgan fingerprint density at radius 1 is 1.07 bits per heavy atom. The first-order chi connectivity index (χ1) is 20.6. The number of hydrogen-bond donors (Lipinski definition) is 1. The van der Waals surface area contributed by atoms with Crippen LogP contribution < -0.4 is 11.1 Å². The molecule has 5 atom stereocenters. The number of aromatic nitrogens is 2. The number of pyridine rings is 1. The second-order valence-electron chi connectivity index (χ2n) is 13.9. The highest BCUT2D eigenvalue weighted by molar-refractivity contribution is 5.56. The number of likely N-dealkylation sites (tertiary alicyclic amines) is 1. The Bertz CT molecular complexity index is 1310. The van der Waals surface area contributed by atoms with Crippen LogP contribution in [0.2, 0.25) is 0 Å². The maximum atomic E-state index is 14.4. The average Bonchev–Trinajstić information content (AvgIpc) is 3.47. The lowest BCUT2D eigenvalue weighted by molar-refractivity contribution is -0.136. The number of nitrogens with zero attached hydrogens (tertiary/aromatic N) is 5. The topological polar surface area (TPSA) is 57.4 Å². The Hall–Kier alpha value is -1.92. The number of methoxy groups -OCH3 is 1. The summed E-state index contributed by atoms with van der Waals surface area (Å²) in [7, 11) is 3.89. The van der Waals surface area contributed by atoms with Gasteiger partial charge in [-0.15, -0.1) is 0 Å². The van der Waals surface area contributed by atoms with Crippen LogP contribution in [0.4, 0.5) is 13.2 Å². The van der Waals surface area contributed by atoms with Crippen molar-refractivity contribution >= 4 is 5.52 Å². The van der Waals surface area contributed by atoms with Crippen LogP contribution in [0.25, 0.3) is 5.52 Å². The van der Waals surface area contributed by atoms with Gasteiger partial charge in [-0.1, -0.05) is 32.6 Å². The van der Waals surface area contributed by atoms with Crippen LogP contribution >= 0.6 is 0 Å². The van der Waals surface area contributed by atoms with Crippen molar-refractivity contribution in [1.29, 1.82) is 0 Å². The SMILES string of the molecule is COCCN1CN(C)C([C@H](C2CCC2)C2CCCC(n3cc4c(C(F)(F)F)cc(CN5CCC[C@H](C)C5)cn4c3=O)C2)N1. The summed E-state index contributed by atoms with van der Waals surface area (Å²) in [6.07, 6.45) is 8.44. The monoisotopic (exact) mass is 606 g/mol. The van der Waals surface area contributed by atoms with Crippen LogP contribution in [-0.4, -0.2) is 77.0 Å². The van der Waals surface area contributed by atoms with Gasteiger partial charge in [-0.2, -0.15) is 13.2 Å². The third-order valence-corrected chi connectivity index (χ3v) is 10.7. The minimum atomic E-state index is -4.53. The van der Waals surface area contributed by atoms with Gasteiger partial charge in [0, 0.05) is 45.2 Å². The Kier molecular flexibility index (Phi) is 9.27. The van der Waals surface area contributed by atoms with Gasteiger partial charge >= 0.3 is 11.9 Å². The fourth-order valence-corrected chi connectivity index (χ4v) is 8.46. The number of hydrazine groups is 1. The predicted octanol–water partition coefficient (Wildman–Crippen LogP) is 5.18. The molecule has 4 fully saturated rings. The van der Waals surface area contributed by atoms with Gasteiger partial charge in [0.2, 0.25) is 0 Å². The zero-order valence-electron chi connectivity index (χ0n) is 26.0. The fraction of sp³-hybridized carbons (Fsp3) is 0.781. The zero-order valence-corrected chi connectivity index (χ0v) is 26.0. The van der Waals surface area contributed by atoms with E-state index in [9.17, 15) is 18.0 Å². The van der Waals surface area contributed by atoms with Crippen molar-refractivity contribution in [3.63, 3.8) is 0 Å². The molecule has 8 nitrogen and oxygen atoms in total. The van der Waals surface area contributed by atoms with Gasteiger partial charge in [-0.25, -0.2) is 15.2 Å². The van der Waals surface area contributed by atoms with E-state index in [1.807, 2.05) is 0 Å².